The molecule has 0 bridgehead atoms. The van der Waals surface area contributed by atoms with Crippen LogP contribution >= 0.6 is 21.0 Å². The van der Waals surface area contributed by atoms with Crippen LogP contribution in [0.2, 0.25) is 0 Å². The monoisotopic (exact) mass is 392 g/mol. The molecule has 132 valence electrons. The Hall–Kier alpha value is -2.16. The van der Waals surface area contributed by atoms with Gasteiger partial charge in [-0.05, 0) is 43.8 Å². The summed E-state index contributed by atoms with van der Waals surface area (Å²) < 4.78 is 3.54. The first-order valence-corrected chi connectivity index (χ1v) is 13.3. The molecule has 0 saturated carbocycles. The summed E-state index contributed by atoms with van der Waals surface area (Å²) in [5, 5.41) is 13.0. The Morgan fingerprint density at radius 1 is 0.429 bits per heavy atom. The second-order valence-corrected chi connectivity index (χ2v) is 12.7. The molecule has 0 fully saturated rings. The minimum Gasteiger partial charge on any atom is -0.168 e. The average molecular weight is 393 g/mol. The van der Waals surface area contributed by atoms with Crippen LogP contribution in [0.3, 0.4) is 0 Å². The average Bonchev–Trinajstić information content (AvgIpc) is 3.46. The van der Waals surface area contributed by atoms with E-state index >= 15 is 0 Å². The van der Waals surface area contributed by atoms with Gasteiger partial charge in [-0.15, -0.1) is 0 Å². The first-order chi connectivity index (χ1) is 13.9. The highest BCUT2D eigenvalue weighted by Gasteiger charge is 2.35. The molecule has 28 heavy (non-hydrogen) atoms. The second-order valence-electron chi connectivity index (χ2n) is 8.73. The van der Waals surface area contributed by atoms with Crippen LogP contribution in [-0.4, -0.2) is 0 Å². The highest BCUT2D eigenvalue weighted by atomic mass is 32.2. The van der Waals surface area contributed by atoms with Crippen molar-refractivity contribution in [3.8, 4) is 0 Å². The maximum atomic E-state index is 2.40. The highest BCUT2D eigenvalue weighted by Crippen LogP contribution is 2.60. The van der Waals surface area contributed by atoms with E-state index in [4.69, 9.17) is 0 Å². The normalized spacial score (nSPS) is 18.6. The van der Waals surface area contributed by atoms with Crippen molar-refractivity contribution in [3.63, 3.8) is 0 Å². The molecule has 0 nitrogen and oxygen atoms in total. The van der Waals surface area contributed by atoms with Crippen molar-refractivity contribution >= 4 is 64.1 Å². The topological polar surface area (TPSA) is 0 Å². The molecule has 0 atom stereocenters. The Morgan fingerprint density at radius 3 is 1.00 bits per heavy atom. The summed E-state index contributed by atoms with van der Waals surface area (Å²) in [6.45, 7) is 0. The van der Waals surface area contributed by atoms with E-state index < -0.39 is 0 Å². The van der Waals surface area contributed by atoms with Gasteiger partial charge in [0.2, 0.25) is 0 Å². The molecule has 4 aliphatic rings. The Kier molecular flexibility index (Phi) is 2.10. The van der Waals surface area contributed by atoms with Gasteiger partial charge >= 0.3 is 0 Å². The van der Waals surface area contributed by atoms with Crippen LogP contribution in [0, 0.1) is 9.02 Å². The number of hydrogen-bond acceptors (Lipinski definition) is 0. The molecule has 0 unspecified atom stereocenters. The smallest absolute Gasteiger partial charge is 0.0156 e. The van der Waals surface area contributed by atoms with Gasteiger partial charge in [0.25, 0.3) is 0 Å². The molecule has 0 aromatic heterocycles. The summed E-state index contributed by atoms with van der Waals surface area (Å²) in [6, 6.07) is 18.6. The Labute approximate surface area is 166 Å². The SMILES string of the molecule is c1ccc2c3c4c5c6c(c7ccccc7c7c6c6c4c(c2c1)CS=6C7)CS=5C3. The Morgan fingerprint density at radius 2 is 0.714 bits per heavy atom. The van der Waals surface area contributed by atoms with E-state index in [-0.39, 0.29) is 0 Å². The van der Waals surface area contributed by atoms with E-state index in [0.717, 1.165) is 0 Å². The van der Waals surface area contributed by atoms with Crippen molar-refractivity contribution in [2.75, 3.05) is 0 Å². The predicted molar refractivity (Wildman–Crippen MR) is 124 cm³/mol. The zero-order chi connectivity index (χ0) is 17.7. The molecule has 0 amide bonds. The highest BCUT2D eigenvalue weighted by molar-refractivity contribution is 8.09. The summed E-state index contributed by atoms with van der Waals surface area (Å²) in [5.74, 6) is 5.10. The van der Waals surface area contributed by atoms with Gasteiger partial charge in [-0.3, -0.25) is 0 Å². The summed E-state index contributed by atoms with van der Waals surface area (Å²) in [7, 11) is 0.758. The molecular weight excluding hydrogens is 376 g/mol. The largest absolute Gasteiger partial charge is 0.168 e. The molecule has 5 aromatic rings. The van der Waals surface area contributed by atoms with Gasteiger partial charge in [-0.1, -0.05) is 48.5 Å². The Balaban J connectivity index is 1.75. The fourth-order valence-corrected chi connectivity index (χ4v) is 12.1. The van der Waals surface area contributed by atoms with Crippen LogP contribution in [0.5, 0.6) is 0 Å². The van der Waals surface area contributed by atoms with Gasteiger partial charge < -0.3 is 0 Å². The number of rotatable bonds is 0. The molecule has 2 heteroatoms. The van der Waals surface area contributed by atoms with Gasteiger partial charge in [-0.2, -0.15) is 21.0 Å². The molecule has 0 spiro atoms. The summed E-state index contributed by atoms with van der Waals surface area (Å²) in [5.41, 5.74) is 6.74. The van der Waals surface area contributed by atoms with Gasteiger partial charge in [-0.25, -0.2) is 0 Å². The summed E-state index contributed by atoms with van der Waals surface area (Å²) in [6.07, 6.45) is 0. The molecule has 5 aromatic carbocycles. The van der Waals surface area contributed by atoms with Crippen molar-refractivity contribution in [1.29, 1.82) is 0 Å². The van der Waals surface area contributed by atoms with E-state index in [2.05, 4.69) is 48.5 Å². The van der Waals surface area contributed by atoms with E-state index in [1.807, 2.05) is 0 Å². The minimum absolute atomic E-state index is 0.379. The van der Waals surface area contributed by atoms with Crippen molar-refractivity contribution < 1.29 is 0 Å². The van der Waals surface area contributed by atoms with E-state index in [0.29, 0.717) is 21.0 Å². The lowest BCUT2D eigenvalue weighted by Gasteiger charge is -2.17. The molecule has 0 radical (unpaired) electrons. The minimum atomic E-state index is 0.379. The van der Waals surface area contributed by atoms with Gasteiger partial charge in [0.15, 0.2) is 0 Å². The maximum absolute atomic E-state index is 2.40. The molecule has 0 saturated heterocycles. The van der Waals surface area contributed by atoms with Crippen LogP contribution in [0.1, 0.15) is 22.3 Å². The lowest BCUT2D eigenvalue weighted by Crippen LogP contribution is -1.97. The Bertz CT molecular complexity index is 1550. The number of hydrogen-bond donors (Lipinski definition) is 0. The number of benzene rings is 5. The van der Waals surface area contributed by atoms with Gasteiger partial charge in [0, 0.05) is 53.6 Å². The van der Waals surface area contributed by atoms with Crippen LogP contribution in [0.25, 0.3) is 43.1 Å². The van der Waals surface area contributed by atoms with Gasteiger partial charge in [0.1, 0.15) is 0 Å². The summed E-state index contributed by atoms with van der Waals surface area (Å²) in [4.78, 5) is 0. The zero-order valence-electron chi connectivity index (χ0n) is 15.3. The fraction of sp³-hybridized carbons (Fsp3) is 0.154. The second kappa shape index (κ2) is 4.22. The van der Waals surface area contributed by atoms with Crippen molar-refractivity contribution in [1.82, 2.24) is 0 Å². The zero-order valence-corrected chi connectivity index (χ0v) is 16.9. The van der Waals surface area contributed by atoms with Crippen LogP contribution in [0.4, 0.5) is 0 Å². The maximum Gasteiger partial charge on any atom is 0.0156 e. The molecule has 0 N–H and O–H groups in total. The fourth-order valence-electron chi connectivity index (χ4n) is 6.68. The van der Waals surface area contributed by atoms with Crippen molar-refractivity contribution in [3.05, 3.63) is 79.8 Å². The molecule has 9 rings (SSSR count). The molecule has 4 aliphatic heterocycles. The van der Waals surface area contributed by atoms with E-state index in [1.165, 1.54) is 23.0 Å². The molecular formula is C26H16S2. The third-order valence-corrected chi connectivity index (χ3v) is 12.1. The van der Waals surface area contributed by atoms with E-state index in [9.17, 15) is 0 Å². The summed E-state index contributed by atoms with van der Waals surface area (Å²) >= 11 is 0. The van der Waals surface area contributed by atoms with Crippen LogP contribution < -0.4 is 0 Å². The third kappa shape index (κ3) is 1.25. The van der Waals surface area contributed by atoms with Crippen LogP contribution in [-0.2, 0) is 23.0 Å². The molecule has 4 heterocycles. The van der Waals surface area contributed by atoms with E-state index in [1.54, 1.807) is 74.4 Å². The van der Waals surface area contributed by atoms with Crippen LogP contribution in [0.15, 0.2) is 48.5 Å². The molecule has 0 aliphatic carbocycles. The predicted octanol–water partition coefficient (Wildman–Crippen LogP) is 7.39. The van der Waals surface area contributed by atoms with Crippen molar-refractivity contribution in [2.45, 2.75) is 23.0 Å². The lowest BCUT2D eigenvalue weighted by atomic mass is 9.87. The number of fused-ring (bicyclic) bond motifs is 6. The lowest BCUT2D eigenvalue weighted by molar-refractivity contribution is 1.41. The first kappa shape index (κ1) is 13.9. The first-order valence-electron chi connectivity index (χ1n) is 10.1. The van der Waals surface area contributed by atoms with Crippen molar-refractivity contribution in [2.24, 2.45) is 0 Å². The third-order valence-electron chi connectivity index (χ3n) is 7.62. The standard InChI is InChI=1S/C26H16S2/c1-2-6-14-13(5-1)17-9-27-11-19-15-7-3-4-8-16(15)20-12-28-10-18(14)22-21(17)25(27)23(19)24(20)26(22)28/h1-8H,9-12H2. The quantitative estimate of drug-likeness (QED) is 0.190. The van der Waals surface area contributed by atoms with Gasteiger partial charge in [0.05, 0.1) is 0 Å².